The van der Waals surface area contributed by atoms with Crippen molar-refractivity contribution in [3.8, 4) is 0 Å². The van der Waals surface area contributed by atoms with E-state index in [1.54, 1.807) is 0 Å². The molecule has 2 aromatic heterocycles. The van der Waals surface area contributed by atoms with Gasteiger partial charge < -0.3 is 10.1 Å². The molecule has 0 spiro atoms. The molecule has 0 bridgehead atoms. The van der Waals surface area contributed by atoms with Gasteiger partial charge in [-0.15, -0.1) is 0 Å². The highest BCUT2D eigenvalue weighted by Gasteiger charge is 2.22. The monoisotopic (exact) mass is 583 g/mol. The highest BCUT2D eigenvalue weighted by Crippen LogP contribution is 2.34. The average molecular weight is 584 g/mol. The van der Waals surface area contributed by atoms with Crippen molar-refractivity contribution in [2.24, 2.45) is 0 Å². The van der Waals surface area contributed by atoms with Crippen LogP contribution in [0.1, 0.15) is 67.8 Å². The van der Waals surface area contributed by atoms with Gasteiger partial charge in [-0.05, 0) is 108 Å². The molecule has 2 aromatic carbocycles. The largest absolute Gasteiger partial charge is 0.442 e. The van der Waals surface area contributed by atoms with Crippen LogP contribution in [0.2, 0.25) is 0 Å². The first-order valence-electron chi connectivity index (χ1n) is 14.4. The third-order valence-corrected chi connectivity index (χ3v) is 7.87. The van der Waals surface area contributed by atoms with E-state index in [0.717, 1.165) is 40.5 Å². The molecule has 0 unspecified atom stereocenters. The van der Waals surface area contributed by atoms with E-state index >= 15 is 0 Å². The maximum absolute atomic E-state index is 13.2. The van der Waals surface area contributed by atoms with Gasteiger partial charge in [0.25, 0.3) is 5.91 Å². The number of likely N-dealkylation sites (tertiary alicyclic amines) is 1. The second-order valence-corrected chi connectivity index (χ2v) is 12.4. The second-order valence-electron chi connectivity index (χ2n) is 11.3. The number of hydrogen-bond acceptors (Lipinski definition) is 7. The molecule has 3 heterocycles. The van der Waals surface area contributed by atoms with Gasteiger partial charge in [-0.25, -0.2) is 4.79 Å². The highest BCUT2D eigenvalue weighted by atomic mass is 32.2. The van der Waals surface area contributed by atoms with Crippen LogP contribution in [0, 0.1) is 0 Å². The number of hydrogen-bond donors (Lipinski definition) is 1. The lowest BCUT2D eigenvalue weighted by Gasteiger charge is -2.19. The van der Waals surface area contributed by atoms with Crippen molar-refractivity contribution < 1.29 is 14.3 Å². The molecule has 0 atom stereocenters. The van der Waals surface area contributed by atoms with Crippen LogP contribution >= 0.6 is 11.8 Å². The smallest absolute Gasteiger partial charge is 0.435 e. The summed E-state index contributed by atoms with van der Waals surface area (Å²) in [5.41, 5.74) is 3.20. The minimum Gasteiger partial charge on any atom is -0.442 e. The molecule has 0 saturated carbocycles. The third-order valence-electron chi connectivity index (χ3n) is 6.81. The number of ether oxygens (including phenoxy) is 1. The molecule has 9 heteroatoms. The number of nitrogens with zero attached hydrogens (tertiary/aromatic N) is 4. The summed E-state index contributed by atoms with van der Waals surface area (Å²) in [6.45, 7) is 11.2. The summed E-state index contributed by atoms with van der Waals surface area (Å²) in [5.74, 6) is -0.120. The molecule has 4 aromatic rings. The first-order chi connectivity index (χ1) is 20.2. The van der Waals surface area contributed by atoms with Gasteiger partial charge in [0.05, 0.1) is 22.5 Å². The standard InChI is InChI=1S/C33H37N5O3S/c1-5-34-31(39)27-10-6-7-11-30(27)42-25-15-16-26-28(36-38(29(26)20-25)32(40)41-33(2,3)4)17-14-24-13-12-23(21-35-24)22-37-18-8-9-19-37/h6-7,10-17,20-21H,5,8-9,18-19,22H2,1-4H3,(H,34,39)/b17-14+. The van der Waals surface area contributed by atoms with E-state index in [1.807, 2.05) is 94.6 Å². The summed E-state index contributed by atoms with van der Waals surface area (Å²) >= 11 is 1.46. The van der Waals surface area contributed by atoms with E-state index in [-0.39, 0.29) is 5.91 Å². The first-order valence-corrected chi connectivity index (χ1v) is 15.2. The molecule has 8 nitrogen and oxygen atoms in total. The Morgan fingerprint density at radius 3 is 2.55 bits per heavy atom. The molecular weight excluding hydrogens is 546 g/mol. The summed E-state index contributed by atoms with van der Waals surface area (Å²) in [5, 5.41) is 8.32. The quantitative estimate of drug-likeness (QED) is 0.242. The topological polar surface area (TPSA) is 89.4 Å². The fourth-order valence-corrected chi connectivity index (χ4v) is 5.84. The Morgan fingerprint density at radius 1 is 1.05 bits per heavy atom. The van der Waals surface area contributed by atoms with Gasteiger partial charge in [-0.3, -0.25) is 14.7 Å². The van der Waals surface area contributed by atoms with Gasteiger partial charge in [0.1, 0.15) is 5.60 Å². The van der Waals surface area contributed by atoms with Crippen molar-refractivity contribution in [3.63, 3.8) is 0 Å². The highest BCUT2D eigenvalue weighted by molar-refractivity contribution is 7.99. The van der Waals surface area contributed by atoms with Gasteiger partial charge in [0.2, 0.25) is 0 Å². The van der Waals surface area contributed by atoms with Crippen LogP contribution < -0.4 is 5.32 Å². The van der Waals surface area contributed by atoms with E-state index in [9.17, 15) is 9.59 Å². The van der Waals surface area contributed by atoms with Crippen LogP contribution in [0.4, 0.5) is 4.79 Å². The summed E-state index contributed by atoms with van der Waals surface area (Å²) in [4.78, 5) is 34.6. The fraction of sp³-hybridized carbons (Fsp3) is 0.333. The van der Waals surface area contributed by atoms with Crippen molar-refractivity contribution in [2.45, 2.75) is 62.5 Å². The number of benzene rings is 2. The lowest BCUT2D eigenvalue weighted by atomic mass is 10.2. The zero-order valence-electron chi connectivity index (χ0n) is 24.6. The van der Waals surface area contributed by atoms with E-state index in [4.69, 9.17) is 4.74 Å². The lowest BCUT2D eigenvalue weighted by molar-refractivity contribution is 0.0522. The molecule has 0 radical (unpaired) electrons. The minimum absolute atomic E-state index is 0.120. The van der Waals surface area contributed by atoms with Crippen molar-refractivity contribution in [1.29, 1.82) is 0 Å². The molecule has 1 amide bonds. The van der Waals surface area contributed by atoms with Crippen LogP contribution in [-0.4, -0.2) is 56.9 Å². The van der Waals surface area contributed by atoms with Crippen LogP contribution in [0.3, 0.4) is 0 Å². The van der Waals surface area contributed by atoms with E-state index < -0.39 is 11.7 Å². The summed E-state index contributed by atoms with van der Waals surface area (Å²) in [6, 6.07) is 17.5. The van der Waals surface area contributed by atoms with Crippen LogP contribution in [0.25, 0.3) is 23.1 Å². The molecule has 218 valence electrons. The van der Waals surface area contributed by atoms with Crippen molar-refractivity contribution in [1.82, 2.24) is 25.0 Å². The van der Waals surface area contributed by atoms with E-state index in [2.05, 4.69) is 26.4 Å². The van der Waals surface area contributed by atoms with Gasteiger partial charge in [0, 0.05) is 34.5 Å². The van der Waals surface area contributed by atoms with Crippen LogP contribution in [0.15, 0.2) is 70.6 Å². The SMILES string of the molecule is CCNC(=O)c1ccccc1Sc1ccc2c(/C=C/c3ccc(CN4CCCC4)cn3)nn(C(=O)OC(C)(C)C)c2c1. The minimum atomic E-state index is -0.677. The van der Waals surface area contributed by atoms with Crippen molar-refractivity contribution in [2.75, 3.05) is 19.6 Å². The summed E-state index contributed by atoms with van der Waals surface area (Å²) in [6.07, 6.45) is 7.69. The number of aromatic nitrogens is 3. The summed E-state index contributed by atoms with van der Waals surface area (Å²) in [7, 11) is 0. The number of rotatable bonds is 8. The molecule has 1 fully saturated rings. The Bertz CT molecular complexity index is 1600. The normalized spacial score (nSPS) is 14.1. The maximum Gasteiger partial charge on any atom is 0.435 e. The predicted octanol–water partition coefficient (Wildman–Crippen LogP) is 6.88. The van der Waals surface area contributed by atoms with E-state index in [0.29, 0.717) is 23.3 Å². The van der Waals surface area contributed by atoms with Crippen molar-refractivity contribution in [3.05, 3.63) is 83.3 Å². The van der Waals surface area contributed by atoms with Gasteiger partial charge in [0.15, 0.2) is 0 Å². The predicted molar refractivity (Wildman–Crippen MR) is 168 cm³/mol. The number of pyridine rings is 1. The Hall–Kier alpha value is -3.95. The Balaban J connectivity index is 1.44. The van der Waals surface area contributed by atoms with Gasteiger partial charge in [-0.2, -0.15) is 9.78 Å². The fourth-order valence-electron chi connectivity index (χ4n) is 4.87. The first kappa shape index (κ1) is 29.5. The number of nitrogens with one attached hydrogen (secondary N) is 1. The number of carbonyl (C=O) groups excluding carboxylic acids is 2. The number of fused-ring (bicyclic) bond motifs is 1. The zero-order chi connectivity index (χ0) is 29.7. The van der Waals surface area contributed by atoms with Gasteiger partial charge >= 0.3 is 6.09 Å². The second kappa shape index (κ2) is 12.9. The molecule has 42 heavy (non-hydrogen) atoms. The van der Waals surface area contributed by atoms with Gasteiger partial charge in [-0.1, -0.05) is 30.0 Å². The van der Waals surface area contributed by atoms with E-state index in [1.165, 1.54) is 34.8 Å². The molecule has 1 N–H and O–H groups in total. The maximum atomic E-state index is 13.2. The Labute approximate surface area is 251 Å². The molecule has 1 aliphatic rings. The molecule has 0 aliphatic carbocycles. The number of amides is 1. The van der Waals surface area contributed by atoms with Crippen LogP contribution in [-0.2, 0) is 11.3 Å². The summed E-state index contributed by atoms with van der Waals surface area (Å²) < 4.78 is 6.98. The Kier molecular flexibility index (Phi) is 9.09. The molecular formula is C33H37N5O3S. The molecule has 1 aliphatic heterocycles. The molecule has 1 saturated heterocycles. The van der Waals surface area contributed by atoms with Crippen LogP contribution in [0.5, 0.6) is 0 Å². The molecule has 5 rings (SSSR count). The average Bonchev–Trinajstić information content (AvgIpc) is 3.60. The van der Waals surface area contributed by atoms with Crippen molar-refractivity contribution >= 4 is 46.8 Å². The number of carbonyl (C=O) groups is 2. The Morgan fingerprint density at radius 2 is 1.83 bits per heavy atom. The third kappa shape index (κ3) is 7.27. The zero-order valence-corrected chi connectivity index (χ0v) is 25.4. The lowest BCUT2D eigenvalue weighted by Crippen LogP contribution is -2.27.